The fraction of sp³-hybridized carbons (Fsp3) is 0.533. The highest BCUT2D eigenvalue weighted by Gasteiger charge is 2.25. The van der Waals surface area contributed by atoms with Crippen LogP contribution in [0.2, 0.25) is 5.02 Å². The van der Waals surface area contributed by atoms with E-state index < -0.39 is 5.82 Å². The molecule has 0 spiro atoms. The van der Waals surface area contributed by atoms with E-state index in [1.807, 2.05) is 11.5 Å². The average molecular weight is 333 g/mol. The maximum atomic E-state index is 13.7. The normalized spacial score (nSPS) is 14.9. The topological polar surface area (TPSA) is 27.1 Å². The Morgan fingerprint density at radius 1 is 1.33 bits per heavy atom. The van der Waals surface area contributed by atoms with Gasteiger partial charge in [0.15, 0.2) is 0 Å². The summed E-state index contributed by atoms with van der Waals surface area (Å²) >= 11 is 12.2. The lowest BCUT2D eigenvalue weighted by Crippen LogP contribution is -2.22. The van der Waals surface area contributed by atoms with Gasteiger partial charge in [0.2, 0.25) is 0 Å². The molecule has 2 rings (SSSR count). The Kier molecular flexibility index (Phi) is 5.12. The second kappa shape index (κ2) is 6.51. The van der Waals surface area contributed by atoms with Crippen LogP contribution in [0.1, 0.15) is 38.0 Å². The van der Waals surface area contributed by atoms with E-state index in [1.54, 1.807) is 13.2 Å². The molecular weight excluding hydrogens is 314 g/mol. The van der Waals surface area contributed by atoms with Gasteiger partial charge in [0, 0.05) is 13.2 Å². The Bertz CT molecular complexity index is 640. The highest BCUT2D eigenvalue weighted by molar-refractivity contribution is 6.31. The quantitative estimate of drug-likeness (QED) is 0.722. The largest absolute Gasteiger partial charge is 0.383 e. The number of methoxy groups -OCH3 is 1. The molecule has 2 aromatic rings. The molecule has 21 heavy (non-hydrogen) atoms. The highest BCUT2D eigenvalue weighted by atomic mass is 35.5. The first-order valence-electron chi connectivity index (χ1n) is 6.86. The number of hydrogen-bond acceptors (Lipinski definition) is 2. The number of ether oxygens (including phenoxy) is 1. The third-order valence-electron chi connectivity index (χ3n) is 3.55. The van der Waals surface area contributed by atoms with Gasteiger partial charge in [0.05, 0.1) is 34.1 Å². The monoisotopic (exact) mass is 332 g/mol. The molecule has 0 bridgehead atoms. The molecule has 0 aliphatic heterocycles. The third kappa shape index (κ3) is 3.17. The summed E-state index contributed by atoms with van der Waals surface area (Å²) in [6.45, 7) is 6.57. The van der Waals surface area contributed by atoms with Gasteiger partial charge in [-0.1, -0.05) is 25.4 Å². The van der Waals surface area contributed by atoms with Crippen LogP contribution in [0.3, 0.4) is 0 Å². The minimum absolute atomic E-state index is 0.0535. The predicted octanol–water partition coefficient (Wildman–Crippen LogP) is 4.97. The number of imidazole rings is 1. The third-order valence-corrected chi connectivity index (χ3v) is 4.04. The van der Waals surface area contributed by atoms with Crippen LogP contribution in [-0.2, 0) is 4.74 Å². The van der Waals surface area contributed by atoms with Crippen molar-refractivity contribution in [3.8, 4) is 0 Å². The lowest BCUT2D eigenvalue weighted by atomic mass is 10.0. The molecule has 1 heterocycles. The number of fused-ring (bicyclic) bond motifs is 1. The van der Waals surface area contributed by atoms with E-state index in [4.69, 9.17) is 27.9 Å². The zero-order valence-corrected chi connectivity index (χ0v) is 14.0. The summed E-state index contributed by atoms with van der Waals surface area (Å²) in [5.74, 6) is 0.528. The minimum Gasteiger partial charge on any atom is -0.383 e. The Morgan fingerprint density at radius 2 is 2.00 bits per heavy atom. The zero-order valence-electron chi connectivity index (χ0n) is 12.5. The van der Waals surface area contributed by atoms with Crippen LogP contribution in [0.4, 0.5) is 4.39 Å². The molecule has 116 valence electrons. The van der Waals surface area contributed by atoms with Gasteiger partial charge in [0.1, 0.15) is 11.6 Å². The number of nitrogens with zero attached hydrogens (tertiary/aromatic N) is 2. The number of aromatic nitrogens is 2. The summed E-state index contributed by atoms with van der Waals surface area (Å²) in [4.78, 5) is 4.48. The van der Waals surface area contributed by atoms with Crippen molar-refractivity contribution in [2.45, 2.75) is 32.2 Å². The van der Waals surface area contributed by atoms with E-state index in [2.05, 4.69) is 18.8 Å². The fourth-order valence-corrected chi connectivity index (χ4v) is 2.79. The lowest BCUT2D eigenvalue weighted by Gasteiger charge is -2.25. The molecule has 0 saturated carbocycles. The molecule has 1 aromatic carbocycles. The number of rotatable bonds is 5. The predicted molar refractivity (Wildman–Crippen MR) is 84.7 cm³/mol. The summed E-state index contributed by atoms with van der Waals surface area (Å²) in [5.41, 5.74) is 1.33. The van der Waals surface area contributed by atoms with E-state index in [1.165, 1.54) is 6.07 Å². The van der Waals surface area contributed by atoms with Crippen LogP contribution >= 0.6 is 23.2 Å². The van der Waals surface area contributed by atoms with Crippen LogP contribution < -0.4 is 0 Å². The van der Waals surface area contributed by atoms with Crippen molar-refractivity contribution in [1.82, 2.24) is 9.55 Å². The van der Waals surface area contributed by atoms with Crippen molar-refractivity contribution < 1.29 is 9.13 Å². The van der Waals surface area contributed by atoms with Crippen LogP contribution in [0.5, 0.6) is 0 Å². The smallest absolute Gasteiger partial charge is 0.144 e. The first-order valence-corrected chi connectivity index (χ1v) is 7.68. The minimum atomic E-state index is -0.476. The summed E-state index contributed by atoms with van der Waals surface area (Å²) in [6.07, 6.45) is 0. The van der Waals surface area contributed by atoms with Crippen molar-refractivity contribution in [3.63, 3.8) is 0 Å². The van der Waals surface area contributed by atoms with E-state index >= 15 is 0 Å². The van der Waals surface area contributed by atoms with Gasteiger partial charge in [-0.15, -0.1) is 11.6 Å². The number of alkyl halides is 1. The van der Waals surface area contributed by atoms with E-state index in [9.17, 15) is 4.39 Å². The summed E-state index contributed by atoms with van der Waals surface area (Å²) in [6, 6.07) is 3.01. The van der Waals surface area contributed by atoms with E-state index in [0.717, 1.165) is 5.52 Å². The second-order valence-corrected chi connectivity index (χ2v) is 6.54. The van der Waals surface area contributed by atoms with Crippen LogP contribution in [0.15, 0.2) is 12.1 Å². The Morgan fingerprint density at radius 3 is 2.52 bits per heavy atom. The van der Waals surface area contributed by atoms with E-state index in [-0.39, 0.29) is 16.4 Å². The maximum absolute atomic E-state index is 13.7. The molecule has 0 fully saturated rings. The van der Waals surface area contributed by atoms with Crippen molar-refractivity contribution in [1.29, 1.82) is 0 Å². The standard InChI is InChI=1S/C15H19Cl2FN2O/c1-8(2)14(7-21-4)20-13-5-10(17)11(18)6-12(13)19-15(20)9(3)16/h5-6,8-9,14H,7H2,1-4H3. The summed E-state index contributed by atoms with van der Waals surface area (Å²) in [5, 5.41) is -0.213. The molecule has 0 aliphatic rings. The number of hydrogen-bond donors (Lipinski definition) is 0. The summed E-state index contributed by atoms with van der Waals surface area (Å²) < 4.78 is 21.0. The number of benzene rings is 1. The van der Waals surface area contributed by atoms with Gasteiger partial charge >= 0.3 is 0 Å². The molecule has 0 aliphatic carbocycles. The van der Waals surface area contributed by atoms with Gasteiger partial charge in [-0.05, 0) is 18.9 Å². The molecule has 6 heteroatoms. The van der Waals surface area contributed by atoms with Gasteiger partial charge < -0.3 is 9.30 Å². The van der Waals surface area contributed by atoms with E-state index in [0.29, 0.717) is 23.9 Å². The lowest BCUT2D eigenvalue weighted by molar-refractivity contribution is 0.133. The van der Waals surface area contributed by atoms with Gasteiger partial charge in [-0.3, -0.25) is 0 Å². The molecule has 0 saturated heterocycles. The average Bonchev–Trinajstić information content (AvgIpc) is 2.75. The van der Waals surface area contributed by atoms with Gasteiger partial charge in [-0.25, -0.2) is 9.37 Å². The summed E-state index contributed by atoms with van der Waals surface area (Å²) in [7, 11) is 1.66. The molecule has 1 aromatic heterocycles. The first-order chi connectivity index (χ1) is 9.86. The Labute approximate surface area is 134 Å². The van der Waals surface area contributed by atoms with Gasteiger partial charge in [0.25, 0.3) is 0 Å². The molecule has 2 unspecified atom stereocenters. The molecule has 2 atom stereocenters. The van der Waals surface area contributed by atoms with Crippen molar-refractivity contribution in [2.75, 3.05) is 13.7 Å². The van der Waals surface area contributed by atoms with Crippen molar-refractivity contribution in [2.24, 2.45) is 5.92 Å². The maximum Gasteiger partial charge on any atom is 0.144 e. The second-order valence-electron chi connectivity index (χ2n) is 5.48. The Balaban J connectivity index is 2.73. The van der Waals surface area contributed by atoms with Crippen LogP contribution in [-0.4, -0.2) is 23.3 Å². The van der Waals surface area contributed by atoms with Gasteiger partial charge in [-0.2, -0.15) is 0 Å². The van der Waals surface area contributed by atoms with Crippen molar-refractivity contribution in [3.05, 3.63) is 28.8 Å². The zero-order chi connectivity index (χ0) is 15.7. The SMILES string of the molecule is COCC(C(C)C)n1c(C(C)Cl)nc2cc(F)c(Cl)cc21. The highest BCUT2D eigenvalue weighted by Crippen LogP contribution is 2.33. The molecule has 0 radical (unpaired) electrons. The molecular formula is C15H19Cl2FN2O. The van der Waals surface area contributed by atoms with Crippen molar-refractivity contribution >= 4 is 34.2 Å². The molecule has 0 N–H and O–H groups in total. The number of halogens is 3. The first kappa shape index (κ1) is 16.5. The Hall–Kier alpha value is -0.840. The molecule has 3 nitrogen and oxygen atoms in total. The fourth-order valence-electron chi connectivity index (χ4n) is 2.47. The molecule has 0 amide bonds. The van der Waals surface area contributed by atoms with Crippen LogP contribution in [0, 0.1) is 11.7 Å². The van der Waals surface area contributed by atoms with Crippen LogP contribution in [0.25, 0.3) is 11.0 Å².